The van der Waals surface area contributed by atoms with E-state index in [-0.39, 0.29) is 11.0 Å². The Labute approximate surface area is 154 Å². The van der Waals surface area contributed by atoms with E-state index in [0.717, 1.165) is 47.2 Å². The molecule has 0 saturated heterocycles. The number of aromatic nitrogens is 2. The van der Waals surface area contributed by atoms with Gasteiger partial charge in [-0.25, -0.2) is 4.98 Å². The fourth-order valence-corrected chi connectivity index (χ4v) is 3.30. The summed E-state index contributed by atoms with van der Waals surface area (Å²) in [7, 11) is 3.30. The van der Waals surface area contributed by atoms with Crippen molar-refractivity contribution in [1.29, 1.82) is 0 Å². The summed E-state index contributed by atoms with van der Waals surface area (Å²) < 4.78 is 10.9. The summed E-state index contributed by atoms with van der Waals surface area (Å²) in [5.41, 5.74) is 2.57. The van der Waals surface area contributed by atoms with Gasteiger partial charge in [0.05, 0.1) is 19.9 Å². The highest BCUT2D eigenvalue weighted by atomic mass is 16.5. The van der Waals surface area contributed by atoms with Crippen LogP contribution in [0.2, 0.25) is 0 Å². The Balaban J connectivity index is 1.87. The number of fused-ring (bicyclic) bond motifs is 1. The lowest BCUT2D eigenvalue weighted by Gasteiger charge is -2.29. The van der Waals surface area contributed by atoms with E-state index in [1.165, 1.54) is 0 Å². The standard InChI is InChI=1S/C20H27N3O3/c1-20(2,3)19-21-15-12-23(10-9-14(15)18(24)22-19)11-13-7-6-8-16(25-4)17(13)26-5/h6-8H,9-12H2,1-5H3,(H,21,22,24). The van der Waals surface area contributed by atoms with Crippen molar-refractivity contribution in [2.45, 2.75) is 45.7 Å². The maximum Gasteiger partial charge on any atom is 0.254 e. The van der Waals surface area contributed by atoms with Crippen LogP contribution in [0.1, 0.15) is 43.4 Å². The number of methoxy groups -OCH3 is 2. The molecule has 0 amide bonds. The van der Waals surface area contributed by atoms with Gasteiger partial charge in [-0.1, -0.05) is 32.9 Å². The van der Waals surface area contributed by atoms with Gasteiger partial charge in [-0.3, -0.25) is 9.69 Å². The number of H-pyrrole nitrogens is 1. The first-order chi connectivity index (χ1) is 12.3. The largest absolute Gasteiger partial charge is 0.493 e. The molecule has 1 aliphatic heterocycles. The molecule has 1 N–H and O–H groups in total. The smallest absolute Gasteiger partial charge is 0.254 e. The molecule has 0 bridgehead atoms. The van der Waals surface area contributed by atoms with Gasteiger partial charge in [0, 0.05) is 36.2 Å². The van der Waals surface area contributed by atoms with Crippen LogP contribution in [-0.2, 0) is 24.9 Å². The van der Waals surface area contributed by atoms with Crippen LogP contribution in [0.3, 0.4) is 0 Å². The van der Waals surface area contributed by atoms with Crippen LogP contribution in [0.5, 0.6) is 11.5 Å². The zero-order chi connectivity index (χ0) is 18.9. The molecule has 0 atom stereocenters. The molecule has 6 heteroatoms. The van der Waals surface area contributed by atoms with Crippen LogP contribution < -0.4 is 15.0 Å². The second-order valence-electron chi connectivity index (χ2n) is 7.70. The number of para-hydroxylation sites is 1. The van der Waals surface area contributed by atoms with E-state index in [1.54, 1.807) is 14.2 Å². The van der Waals surface area contributed by atoms with Crippen molar-refractivity contribution in [3.8, 4) is 11.5 Å². The van der Waals surface area contributed by atoms with Crippen molar-refractivity contribution in [2.75, 3.05) is 20.8 Å². The van der Waals surface area contributed by atoms with Crippen molar-refractivity contribution in [1.82, 2.24) is 14.9 Å². The van der Waals surface area contributed by atoms with Gasteiger partial charge in [0.2, 0.25) is 0 Å². The maximum absolute atomic E-state index is 12.4. The molecule has 0 spiro atoms. The monoisotopic (exact) mass is 357 g/mol. The first-order valence-electron chi connectivity index (χ1n) is 8.88. The van der Waals surface area contributed by atoms with Gasteiger partial charge in [0.15, 0.2) is 11.5 Å². The molecule has 140 valence electrons. The second-order valence-corrected chi connectivity index (χ2v) is 7.70. The molecule has 0 fully saturated rings. The topological polar surface area (TPSA) is 67.5 Å². The minimum atomic E-state index is -0.188. The molecular formula is C20H27N3O3. The lowest BCUT2D eigenvalue weighted by Crippen LogP contribution is -2.36. The van der Waals surface area contributed by atoms with Gasteiger partial charge in [-0.2, -0.15) is 0 Å². The summed E-state index contributed by atoms with van der Waals surface area (Å²) in [4.78, 5) is 22.4. The third-order valence-corrected chi connectivity index (χ3v) is 4.74. The van der Waals surface area contributed by atoms with Crippen molar-refractivity contribution >= 4 is 0 Å². The number of rotatable bonds is 4. The van der Waals surface area contributed by atoms with Gasteiger partial charge in [-0.15, -0.1) is 0 Å². The lowest BCUT2D eigenvalue weighted by molar-refractivity contribution is 0.234. The Morgan fingerprint density at radius 3 is 2.65 bits per heavy atom. The number of nitrogens with zero attached hydrogens (tertiary/aromatic N) is 2. The average Bonchev–Trinajstić information content (AvgIpc) is 2.60. The van der Waals surface area contributed by atoms with Crippen LogP contribution in [-0.4, -0.2) is 35.6 Å². The Morgan fingerprint density at radius 1 is 1.23 bits per heavy atom. The number of hydrogen-bond donors (Lipinski definition) is 1. The summed E-state index contributed by atoms with van der Waals surface area (Å²) in [6.45, 7) is 8.35. The third kappa shape index (κ3) is 3.60. The molecule has 0 unspecified atom stereocenters. The van der Waals surface area contributed by atoms with E-state index < -0.39 is 0 Å². The summed E-state index contributed by atoms with van der Waals surface area (Å²) in [5.74, 6) is 2.23. The summed E-state index contributed by atoms with van der Waals surface area (Å²) in [6.07, 6.45) is 0.703. The van der Waals surface area contributed by atoms with Crippen molar-refractivity contribution in [2.24, 2.45) is 0 Å². The van der Waals surface area contributed by atoms with Crippen LogP contribution >= 0.6 is 0 Å². The molecule has 26 heavy (non-hydrogen) atoms. The molecule has 6 nitrogen and oxygen atoms in total. The van der Waals surface area contributed by atoms with Gasteiger partial charge < -0.3 is 14.5 Å². The fraction of sp³-hybridized carbons (Fsp3) is 0.500. The van der Waals surface area contributed by atoms with Crippen molar-refractivity contribution in [3.05, 3.63) is 51.2 Å². The van der Waals surface area contributed by atoms with Crippen LogP contribution in [0.15, 0.2) is 23.0 Å². The first-order valence-corrected chi connectivity index (χ1v) is 8.88. The molecular weight excluding hydrogens is 330 g/mol. The normalized spacial score (nSPS) is 14.8. The maximum atomic E-state index is 12.4. The van der Waals surface area contributed by atoms with E-state index in [9.17, 15) is 4.79 Å². The van der Waals surface area contributed by atoms with Crippen LogP contribution in [0.4, 0.5) is 0 Å². The predicted molar refractivity (Wildman–Crippen MR) is 101 cm³/mol. The van der Waals surface area contributed by atoms with E-state index in [0.29, 0.717) is 13.0 Å². The molecule has 1 aliphatic rings. The number of benzene rings is 1. The van der Waals surface area contributed by atoms with Gasteiger partial charge in [0.25, 0.3) is 5.56 Å². The molecule has 2 aromatic rings. The molecule has 2 heterocycles. The predicted octanol–water partition coefficient (Wildman–Crippen LogP) is 2.64. The molecule has 0 aliphatic carbocycles. The van der Waals surface area contributed by atoms with Gasteiger partial charge in [-0.05, 0) is 12.5 Å². The average molecular weight is 357 g/mol. The second kappa shape index (κ2) is 7.11. The van der Waals surface area contributed by atoms with Crippen molar-refractivity contribution < 1.29 is 9.47 Å². The van der Waals surface area contributed by atoms with Crippen molar-refractivity contribution in [3.63, 3.8) is 0 Å². The van der Waals surface area contributed by atoms with Gasteiger partial charge >= 0.3 is 0 Å². The van der Waals surface area contributed by atoms with E-state index in [2.05, 4.69) is 30.7 Å². The highest BCUT2D eigenvalue weighted by Gasteiger charge is 2.25. The minimum absolute atomic E-state index is 0.00136. The zero-order valence-corrected chi connectivity index (χ0v) is 16.2. The summed E-state index contributed by atoms with van der Waals surface area (Å²) in [5, 5.41) is 0. The highest BCUT2D eigenvalue weighted by Crippen LogP contribution is 2.32. The Bertz CT molecular complexity index is 852. The number of hydrogen-bond acceptors (Lipinski definition) is 5. The Kier molecular flexibility index (Phi) is 5.05. The third-order valence-electron chi connectivity index (χ3n) is 4.74. The minimum Gasteiger partial charge on any atom is -0.493 e. The highest BCUT2D eigenvalue weighted by molar-refractivity contribution is 5.46. The van der Waals surface area contributed by atoms with Crippen LogP contribution in [0.25, 0.3) is 0 Å². The van der Waals surface area contributed by atoms with Crippen LogP contribution in [0, 0.1) is 0 Å². The first kappa shape index (κ1) is 18.5. The number of ether oxygens (including phenoxy) is 2. The SMILES string of the molecule is COc1cccc(CN2CCc3c(nc(C(C)(C)C)[nH]c3=O)C2)c1OC. The van der Waals surface area contributed by atoms with E-state index in [4.69, 9.17) is 14.5 Å². The fourth-order valence-electron chi connectivity index (χ4n) is 3.30. The molecule has 3 rings (SSSR count). The molecule has 1 aromatic heterocycles. The van der Waals surface area contributed by atoms with Gasteiger partial charge in [0.1, 0.15) is 5.82 Å². The van der Waals surface area contributed by atoms with E-state index >= 15 is 0 Å². The number of aromatic amines is 1. The lowest BCUT2D eigenvalue weighted by atomic mass is 9.95. The molecule has 0 saturated carbocycles. The summed E-state index contributed by atoms with van der Waals surface area (Å²) in [6, 6.07) is 5.91. The number of nitrogens with one attached hydrogen (secondary N) is 1. The molecule has 0 radical (unpaired) electrons. The summed E-state index contributed by atoms with van der Waals surface area (Å²) >= 11 is 0. The quantitative estimate of drug-likeness (QED) is 0.911. The Morgan fingerprint density at radius 2 is 2.00 bits per heavy atom. The molecule has 1 aromatic carbocycles. The van der Waals surface area contributed by atoms with E-state index in [1.807, 2.05) is 18.2 Å². The zero-order valence-electron chi connectivity index (χ0n) is 16.2. The Hall–Kier alpha value is -2.34.